The normalized spacial score (nSPS) is 26.0. The Morgan fingerprint density at radius 3 is 2.79 bits per heavy atom. The quantitative estimate of drug-likeness (QED) is 0.767. The van der Waals surface area contributed by atoms with E-state index in [0.717, 1.165) is 6.42 Å². The van der Waals surface area contributed by atoms with Crippen LogP contribution in [0.4, 0.5) is 0 Å². The van der Waals surface area contributed by atoms with Crippen LogP contribution in [0.25, 0.3) is 0 Å². The molecule has 2 aliphatic heterocycles. The Hall–Kier alpha value is -1.17. The monoisotopic (exact) mass is 283 g/mol. The van der Waals surface area contributed by atoms with Crippen molar-refractivity contribution in [3.63, 3.8) is 0 Å². The van der Waals surface area contributed by atoms with Gasteiger partial charge in [-0.25, -0.2) is 0 Å². The molecule has 2 rings (SSSR count). The van der Waals surface area contributed by atoms with Gasteiger partial charge in [0.15, 0.2) is 0 Å². The zero-order valence-corrected chi connectivity index (χ0v) is 12.3. The molecule has 0 bridgehead atoms. The van der Waals surface area contributed by atoms with E-state index >= 15 is 0 Å². The smallest absolute Gasteiger partial charge is 0.235 e. The van der Waals surface area contributed by atoms with Gasteiger partial charge < -0.3 is 15.5 Å². The molecule has 2 heterocycles. The molecule has 0 spiro atoms. The number of nitrogens with zero attached hydrogens (tertiary/aromatic N) is 2. The van der Waals surface area contributed by atoms with E-state index in [0.29, 0.717) is 32.5 Å². The third-order valence-electron chi connectivity index (χ3n) is 4.50. The van der Waals surface area contributed by atoms with E-state index in [9.17, 15) is 9.59 Å². The fourth-order valence-electron chi connectivity index (χ4n) is 2.83. The van der Waals surface area contributed by atoms with Crippen molar-refractivity contribution in [3.8, 4) is 0 Å². The van der Waals surface area contributed by atoms with Gasteiger partial charge in [0.25, 0.3) is 0 Å². The number of carbonyl (C=O) groups excluding carboxylic acids is 2. The van der Waals surface area contributed by atoms with Gasteiger partial charge in [-0.05, 0) is 19.8 Å². The average Bonchev–Trinajstić information content (AvgIpc) is 2.77. The maximum Gasteiger partial charge on any atom is 0.235 e. The van der Waals surface area contributed by atoms with Crippen molar-refractivity contribution < 1.29 is 9.59 Å². The maximum absolute atomic E-state index is 12.6. The number of rotatable bonds is 3. The molecule has 6 heteroatoms. The molecule has 0 aliphatic carbocycles. The Bertz CT molecular complexity index is 426. The molecule has 2 fully saturated rings. The fraction of sp³-hybridized carbons (Fsp3) is 0.769. The zero-order chi connectivity index (χ0) is 14.2. The van der Waals surface area contributed by atoms with E-state index in [1.165, 1.54) is 0 Å². The number of amides is 2. The van der Waals surface area contributed by atoms with Gasteiger partial charge in [0.1, 0.15) is 0 Å². The SMILES string of the molecule is CCC(C)(C(=O)N1CCN2C(=O)CCC2C1)C(N)=S. The van der Waals surface area contributed by atoms with Gasteiger partial charge in [0.2, 0.25) is 11.8 Å². The lowest BCUT2D eigenvalue weighted by Gasteiger charge is -2.41. The van der Waals surface area contributed by atoms with Crippen LogP contribution in [0.3, 0.4) is 0 Å². The number of fused-ring (bicyclic) bond motifs is 1. The molecule has 0 saturated carbocycles. The summed E-state index contributed by atoms with van der Waals surface area (Å²) in [6.45, 7) is 5.56. The van der Waals surface area contributed by atoms with Crippen molar-refractivity contribution in [1.29, 1.82) is 0 Å². The second-order valence-electron chi connectivity index (χ2n) is 5.58. The predicted octanol–water partition coefficient (Wildman–Crippen LogP) is 0.522. The second-order valence-corrected chi connectivity index (χ2v) is 6.02. The summed E-state index contributed by atoms with van der Waals surface area (Å²) in [7, 11) is 0. The van der Waals surface area contributed by atoms with Gasteiger partial charge in [-0.1, -0.05) is 19.1 Å². The number of hydrogen-bond donors (Lipinski definition) is 1. The van der Waals surface area contributed by atoms with Crippen molar-refractivity contribution in [3.05, 3.63) is 0 Å². The lowest BCUT2D eigenvalue weighted by molar-refractivity contribution is -0.143. The Balaban J connectivity index is 2.10. The Kier molecular flexibility index (Phi) is 3.80. The first-order valence-electron chi connectivity index (χ1n) is 6.79. The first kappa shape index (κ1) is 14.2. The minimum absolute atomic E-state index is 0.00139. The minimum atomic E-state index is -0.764. The third kappa shape index (κ3) is 2.33. The molecule has 2 amide bonds. The van der Waals surface area contributed by atoms with Crippen molar-refractivity contribution in [2.75, 3.05) is 19.6 Å². The van der Waals surface area contributed by atoms with Crippen LogP contribution in [0.5, 0.6) is 0 Å². The largest absolute Gasteiger partial charge is 0.392 e. The van der Waals surface area contributed by atoms with E-state index in [4.69, 9.17) is 18.0 Å². The maximum atomic E-state index is 12.6. The molecule has 106 valence electrons. The fourth-order valence-corrected chi connectivity index (χ4v) is 3.06. The number of thiocarbonyl (C=S) groups is 1. The summed E-state index contributed by atoms with van der Waals surface area (Å²) in [6, 6.07) is 0.178. The van der Waals surface area contributed by atoms with Gasteiger partial charge in [-0.3, -0.25) is 9.59 Å². The molecule has 2 aliphatic rings. The van der Waals surface area contributed by atoms with Crippen LogP contribution >= 0.6 is 12.2 Å². The number of piperazine rings is 1. The first-order valence-corrected chi connectivity index (χ1v) is 7.19. The van der Waals surface area contributed by atoms with Crippen LogP contribution < -0.4 is 5.73 Å². The van der Waals surface area contributed by atoms with Gasteiger partial charge in [0, 0.05) is 32.1 Å². The molecule has 2 atom stereocenters. The first-order chi connectivity index (χ1) is 8.90. The summed E-state index contributed by atoms with van der Waals surface area (Å²) in [6.07, 6.45) is 2.05. The van der Waals surface area contributed by atoms with Crippen molar-refractivity contribution >= 4 is 29.0 Å². The number of nitrogens with two attached hydrogens (primary N) is 1. The van der Waals surface area contributed by atoms with E-state index in [1.807, 2.05) is 23.6 Å². The summed E-state index contributed by atoms with van der Waals surface area (Å²) >= 11 is 5.05. The van der Waals surface area contributed by atoms with Crippen LogP contribution in [0.1, 0.15) is 33.1 Å². The van der Waals surface area contributed by atoms with Crippen LogP contribution in [-0.4, -0.2) is 52.3 Å². The van der Waals surface area contributed by atoms with Gasteiger partial charge >= 0.3 is 0 Å². The Morgan fingerprint density at radius 1 is 1.53 bits per heavy atom. The van der Waals surface area contributed by atoms with Gasteiger partial charge in [-0.15, -0.1) is 0 Å². The molecular formula is C13H21N3O2S. The Labute approximate surface area is 119 Å². The highest BCUT2D eigenvalue weighted by atomic mass is 32.1. The Morgan fingerprint density at radius 2 is 2.21 bits per heavy atom. The van der Waals surface area contributed by atoms with E-state index in [2.05, 4.69) is 0 Å². The highest BCUT2D eigenvalue weighted by Crippen LogP contribution is 2.29. The summed E-state index contributed by atoms with van der Waals surface area (Å²) in [5, 5.41) is 0. The van der Waals surface area contributed by atoms with Crippen molar-refractivity contribution in [1.82, 2.24) is 9.80 Å². The van der Waals surface area contributed by atoms with Gasteiger partial charge in [-0.2, -0.15) is 0 Å². The molecule has 19 heavy (non-hydrogen) atoms. The zero-order valence-electron chi connectivity index (χ0n) is 11.5. The molecule has 0 aromatic carbocycles. The number of carbonyl (C=O) groups is 2. The second kappa shape index (κ2) is 5.07. The molecule has 0 radical (unpaired) electrons. The third-order valence-corrected chi connectivity index (χ3v) is 4.96. The predicted molar refractivity (Wildman–Crippen MR) is 76.5 cm³/mol. The van der Waals surface area contributed by atoms with Crippen LogP contribution in [-0.2, 0) is 9.59 Å². The highest BCUT2D eigenvalue weighted by molar-refractivity contribution is 7.80. The van der Waals surface area contributed by atoms with E-state index in [1.54, 1.807) is 0 Å². The summed E-state index contributed by atoms with van der Waals surface area (Å²) in [4.78, 5) is 28.2. The summed E-state index contributed by atoms with van der Waals surface area (Å²) in [5.41, 5.74) is 4.97. The lowest BCUT2D eigenvalue weighted by atomic mass is 9.85. The summed E-state index contributed by atoms with van der Waals surface area (Å²) < 4.78 is 0. The molecule has 0 aromatic rings. The standard InChI is InChI=1S/C13H21N3O2S/c1-3-13(2,11(14)19)12(18)15-6-7-16-9(8-15)4-5-10(16)17/h9H,3-8H2,1-2H3,(H2,14,19). The number of hydrogen-bond acceptors (Lipinski definition) is 3. The topological polar surface area (TPSA) is 66.6 Å². The van der Waals surface area contributed by atoms with E-state index < -0.39 is 5.41 Å². The van der Waals surface area contributed by atoms with Crippen LogP contribution in [0, 0.1) is 5.41 Å². The molecule has 5 nitrogen and oxygen atoms in total. The van der Waals surface area contributed by atoms with Crippen molar-refractivity contribution in [2.24, 2.45) is 11.1 Å². The molecule has 2 unspecified atom stereocenters. The molecule has 2 N–H and O–H groups in total. The van der Waals surface area contributed by atoms with Gasteiger partial charge in [0.05, 0.1) is 10.4 Å². The average molecular weight is 283 g/mol. The molecule has 2 saturated heterocycles. The van der Waals surface area contributed by atoms with E-state index in [-0.39, 0.29) is 22.8 Å². The van der Waals surface area contributed by atoms with Crippen molar-refractivity contribution in [2.45, 2.75) is 39.2 Å². The van der Waals surface area contributed by atoms with Crippen LogP contribution in [0.2, 0.25) is 0 Å². The highest BCUT2D eigenvalue weighted by Gasteiger charge is 2.42. The summed E-state index contributed by atoms with van der Waals surface area (Å²) in [5.74, 6) is 0.214. The molecular weight excluding hydrogens is 262 g/mol. The lowest BCUT2D eigenvalue weighted by Crippen LogP contribution is -2.57. The molecule has 0 aromatic heterocycles. The van der Waals surface area contributed by atoms with Crippen LogP contribution in [0.15, 0.2) is 0 Å². The minimum Gasteiger partial charge on any atom is -0.392 e.